The molecule has 0 saturated carbocycles. The van der Waals surface area contributed by atoms with E-state index >= 15 is 0 Å². The first-order valence-electron chi connectivity index (χ1n) is 4.17. The zero-order valence-corrected chi connectivity index (χ0v) is 7.62. The molecule has 1 unspecified atom stereocenters. The van der Waals surface area contributed by atoms with Gasteiger partial charge in [-0.25, -0.2) is 0 Å². The Morgan fingerprint density at radius 2 is 2.00 bits per heavy atom. The van der Waals surface area contributed by atoms with Crippen LogP contribution in [-0.2, 0) is 0 Å². The molecule has 0 aliphatic rings. The molecule has 0 aliphatic heterocycles. The SMILES string of the molecule is Oc1cccc(NCC(O)C(F)(F)F)c1. The third-order valence-electron chi connectivity index (χ3n) is 1.72. The van der Waals surface area contributed by atoms with Crippen LogP contribution in [0.2, 0.25) is 0 Å². The Bertz CT molecular complexity index is 327. The molecule has 3 N–H and O–H groups in total. The first-order chi connectivity index (χ1) is 6.89. The Morgan fingerprint density at radius 3 is 2.53 bits per heavy atom. The van der Waals surface area contributed by atoms with Gasteiger partial charge in [0.15, 0.2) is 6.10 Å². The van der Waals surface area contributed by atoms with Crippen LogP contribution in [0, 0.1) is 0 Å². The van der Waals surface area contributed by atoms with E-state index < -0.39 is 18.8 Å². The van der Waals surface area contributed by atoms with Crippen LogP contribution in [0.1, 0.15) is 0 Å². The van der Waals surface area contributed by atoms with E-state index in [1.54, 1.807) is 0 Å². The van der Waals surface area contributed by atoms with Gasteiger partial charge in [0.1, 0.15) is 5.75 Å². The molecule has 15 heavy (non-hydrogen) atoms. The van der Waals surface area contributed by atoms with Crippen molar-refractivity contribution in [3.63, 3.8) is 0 Å². The third kappa shape index (κ3) is 3.67. The van der Waals surface area contributed by atoms with E-state index in [1.807, 2.05) is 0 Å². The molecule has 0 radical (unpaired) electrons. The van der Waals surface area contributed by atoms with Crippen LogP contribution in [0.25, 0.3) is 0 Å². The molecule has 0 fully saturated rings. The molecule has 0 bridgehead atoms. The topological polar surface area (TPSA) is 52.5 Å². The standard InChI is InChI=1S/C9H10F3NO2/c10-9(11,12)8(15)5-13-6-2-1-3-7(14)4-6/h1-4,8,13-15H,5H2. The first kappa shape index (κ1) is 11.6. The van der Waals surface area contributed by atoms with Crippen molar-refractivity contribution in [1.29, 1.82) is 0 Å². The summed E-state index contributed by atoms with van der Waals surface area (Å²) in [5.74, 6) is -0.0542. The van der Waals surface area contributed by atoms with Crippen molar-refractivity contribution in [2.45, 2.75) is 12.3 Å². The molecule has 0 amide bonds. The van der Waals surface area contributed by atoms with Crippen LogP contribution in [0.5, 0.6) is 5.75 Å². The number of aromatic hydroxyl groups is 1. The largest absolute Gasteiger partial charge is 0.508 e. The number of benzene rings is 1. The number of aliphatic hydroxyl groups excluding tert-OH is 1. The number of phenolic OH excluding ortho intramolecular Hbond substituents is 1. The van der Waals surface area contributed by atoms with Crippen molar-refractivity contribution in [2.75, 3.05) is 11.9 Å². The van der Waals surface area contributed by atoms with Crippen molar-refractivity contribution in [1.82, 2.24) is 0 Å². The molecule has 1 aromatic carbocycles. The summed E-state index contributed by atoms with van der Waals surface area (Å²) in [5, 5.41) is 20.0. The summed E-state index contributed by atoms with van der Waals surface area (Å²) in [5.41, 5.74) is 0.318. The van der Waals surface area contributed by atoms with Crippen LogP contribution in [-0.4, -0.2) is 29.0 Å². The summed E-state index contributed by atoms with van der Waals surface area (Å²) in [7, 11) is 0. The fourth-order valence-corrected chi connectivity index (χ4v) is 0.946. The number of anilines is 1. The summed E-state index contributed by atoms with van der Waals surface area (Å²) in [6, 6.07) is 5.63. The summed E-state index contributed by atoms with van der Waals surface area (Å²) < 4.78 is 35.7. The lowest BCUT2D eigenvalue weighted by molar-refractivity contribution is -0.198. The minimum Gasteiger partial charge on any atom is -0.508 e. The molecule has 0 aliphatic carbocycles. The zero-order chi connectivity index (χ0) is 11.5. The highest BCUT2D eigenvalue weighted by Gasteiger charge is 2.37. The molecule has 0 heterocycles. The Kier molecular flexibility index (Phi) is 3.41. The number of rotatable bonds is 3. The van der Waals surface area contributed by atoms with Gasteiger partial charge in [0.2, 0.25) is 0 Å². The van der Waals surface area contributed by atoms with Crippen molar-refractivity contribution in [3.05, 3.63) is 24.3 Å². The molecular formula is C9H10F3NO2. The fraction of sp³-hybridized carbons (Fsp3) is 0.333. The molecule has 1 rings (SSSR count). The maximum Gasteiger partial charge on any atom is 0.416 e. The lowest BCUT2D eigenvalue weighted by Gasteiger charge is -2.15. The lowest BCUT2D eigenvalue weighted by atomic mass is 10.3. The molecule has 0 aromatic heterocycles. The minimum absolute atomic E-state index is 0.0542. The van der Waals surface area contributed by atoms with Gasteiger partial charge < -0.3 is 15.5 Å². The molecular weight excluding hydrogens is 211 g/mol. The summed E-state index contributed by atoms with van der Waals surface area (Å²) in [6.45, 7) is -0.646. The second kappa shape index (κ2) is 4.39. The van der Waals surface area contributed by atoms with E-state index in [-0.39, 0.29) is 5.75 Å². The van der Waals surface area contributed by atoms with Crippen LogP contribution in [0.15, 0.2) is 24.3 Å². The van der Waals surface area contributed by atoms with Crippen molar-refractivity contribution in [2.24, 2.45) is 0 Å². The second-order valence-corrected chi connectivity index (χ2v) is 2.99. The van der Waals surface area contributed by atoms with Gasteiger partial charge in [-0.2, -0.15) is 13.2 Å². The number of hydrogen-bond donors (Lipinski definition) is 3. The average molecular weight is 221 g/mol. The predicted octanol–water partition coefficient (Wildman–Crippen LogP) is 1.73. The van der Waals surface area contributed by atoms with Gasteiger partial charge in [0.05, 0.1) is 0 Å². The molecule has 1 atom stereocenters. The highest BCUT2D eigenvalue weighted by atomic mass is 19.4. The van der Waals surface area contributed by atoms with Crippen LogP contribution < -0.4 is 5.32 Å². The van der Waals surface area contributed by atoms with Gasteiger partial charge in [0.25, 0.3) is 0 Å². The molecule has 0 spiro atoms. The Hall–Kier alpha value is -1.43. The normalized spacial score (nSPS) is 13.6. The monoisotopic (exact) mass is 221 g/mol. The van der Waals surface area contributed by atoms with Gasteiger partial charge in [-0.05, 0) is 12.1 Å². The Labute approximate surface area is 84.2 Å². The highest BCUT2D eigenvalue weighted by molar-refractivity contribution is 5.47. The molecule has 3 nitrogen and oxygen atoms in total. The van der Waals surface area contributed by atoms with Crippen LogP contribution >= 0.6 is 0 Å². The quantitative estimate of drug-likeness (QED) is 0.728. The number of nitrogens with one attached hydrogen (secondary N) is 1. The van der Waals surface area contributed by atoms with Crippen LogP contribution in [0.4, 0.5) is 18.9 Å². The number of halogens is 3. The van der Waals surface area contributed by atoms with Gasteiger partial charge in [-0.3, -0.25) is 0 Å². The Morgan fingerprint density at radius 1 is 1.33 bits per heavy atom. The average Bonchev–Trinajstić information content (AvgIpc) is 2.12. The minimum atomic E-state index is -4.64. The van der Waals surface area contributed by atoms with Crippen molar-refractivity contribution >= 4 is 5.69 Å². The zero-order valence-electron chi connectivity index (χ0n) is 7.62. The Balaban J connectivity index is 2.51. The van der Waals surface area contributed by atoms with Gasteiger partial charge in [-0.1, -0.05) is 6.07 Å². The second-order valence-electron chi connectivity index (χ2n) is 2.99. The molecule has 0 saturated heterocycles. The number of alkyl halides is 3. The number of phenols is 1. The third-order valence-corrected chi connectivity index (χ3v) is 1.72. The fourth-order valence-electron chi connectivity index (χ4n) is 0.946. The smallest absolute Gasteiger partial charge is 0.416 e. The first-order valence-corrected chi connectivity index (χ1v) is 4.17. The van der Waals surface area contributed by atoms with Gasteiger partial charge in [0, 0.05) is 18.3 Å². The van der Waals surface area contributed by atoms with Crippen molar-refractivity contribution in [3.8, 4) is 5.75 Å². The van der Waals surface area contributed by atoms with Gasteiger partial charge >= 0.3 is 6.18 Å². The van der Waals surface area contributed by atoms with E-state index in [1.165, 1.54) is 24.3 Å². The summed E-state index contributed by atoms with van der Waals surface area (Å²) in [6.07, 6.45) is -7.05. The molecule has 1 aromatic rings. The number of hydrogen-bond acceptors (Lipinski definition) is 3. The van der Waals surface area contributed by atoms with Gasteiger partial charge in [-0.15, -0.1) is 0 Å². The van der Waals surface area contributed by atoms with E-state index in [2.05, 4.69) is 5.32 Å². The van der Waals surface area contributed by atoms with E-state index in [0.717, 1.165) is 0 Å². The molecule has 84 valence electrons. The lowest BCUT2D eigenvalue weighted by Crippen LogP contribution is -2.34. The van der Waals surface area contributed by atoms with Crippen molar-refractivity contribution < 1.29 is 23.4 Å². The maximum absolute atomic E-state index is 11.9. The number of aliphatic hydroxyl groups is 1. The summed E-state index contributed by atoms with van der Waals surface area (Å²) in [4.78, 5) is 0. The van der Waals surface area contributed by atoms with Crippen LogP contribution in [0.3, 0.4) is 0 Å². The molecule has 6 heteroatoms. The van der Waals surface area contributed by atoms with E-state index in [4.69, 9.17) is 10.2 Å². The van der Waals surface area contributed by atoms with E-state index in [0.29, 0.717) is 5.69 Å². The predicted molar refractivity (Wildman–Crippen MR) is 48.7 cm³/mol. The highest BCUT2D eigenvalue weighted by Crippen LogP contribution is 2.21. The summed E-state index contributed by atoms with van der Waals surface area (Å²) >= 11 is 0. The van der Waals surface area contributed by atoms with E-state index in [9.17, 15) is 13.2 Å². The maximum atomic E-state index is 11.9.